The van der Waals surface area contributed by atoms with Gasteiger partial charge >= 0.3 is 0 Å². The van der Waals surface area contributed by atoms with E-state index in [0.29, 0.717) is 22.0 Å². The third-order valence-corrected chi connectivity index (χ3v) is 5.51. The van der Waals surface area contributed by atoms with Crippen molar-refractivity contribution in [2.75, 3.05) is 5.32 Å². The van der Waals surface area contributed by atoms with Crippen LogP contribution in [0.3, 0.4) is 0 Å². The van der Waals surface area contributed by atoms with Crippen LogP contribution in [0, 0.1) is 5.92 Å². The highest BCUT2D eigenvalue weighted by Gasteiger charge is 2.28. The number of hydrogen-bond acceptors (Lipinski definition) is 4. The summed E-state index contributed by atoms with van der Waals surface area (Å²) in [5, 5.41) is 3.40. The zero-order chi connectivity index (χ0) is 16.4. The van der Waals surface area contributed by atoms with Crippen LogP contribution in [0.4, 0.5) is 5.00 Å². The number of carbonyl (C=O) groups is 2. The molecule has 2 heterocycles. The van der Waals surface area contributed by atoms with Gasteiger partial charge in [-0.15, -0.1) is 11.3 Å². The summed E-state index contributed by atoms with van der Waals surface area (Å²) in [6, 6.07) is 3.39. The molecule has 0 aromatic carbocycles. The Morgan fingerprint density at radius 3 is 2.96 bits per heavy atom. The van der Waals surface area contributed by atoms with Crippen LogP contribution in [0.25, 0.3) is 0 Å². The van der Waals surface area contributed by atoms with E-state index in [-0.39, 0.29) is 5.91 Å². The number of nitrogens with one attached hydrogen (secondary N) is 1. The Balaban J connectivity index is 1.92. The molecule has 0 saturated carbocycles. The molecule has 1 aliphatic carbocycles. The van der Waals surface area contributed by atoms with Crippen molar-refractivity contribution in [1.29, 1.82) is 0 Å². The first kappa shape index (κ1) is 15.7. The highest BCUT2D eigenvalue weighted by Crippen LogP contribution is 2.40. The fraction of sp³-hybridized carbons (Fsp3) is 0.353. The van der Waals surface area contributed by atoms with Crippen LogP contribution in [-0.4, -0.2) is 16.8 Å². The van der Waals surface area contributed by atoms with Gasteiger partial charge in [0.05, 0.1) is 11.1 Å². The number of thiophene rings is 1. The van der Waals surface area contributed by atoms with Crippen molar-refractivity contribution in [2.45, 2.75) is 32.6 Å². The summed E-state index contributed by atoms with van der Waals surface area (Å²) in [5.74, 6) is -0.103. The Morgan fingerprint density at radius 2 is 2.30 bits per heavy atom. The largest absolute Gasteiger partial charge is 0.365 e. The van der Waals surface area contributed by atoms with Crippen LogP contribution in [0.1, 0.15) is 50.9 Å². The van der Waals surface area contributed by atoms with Gasteiger partial charge in [0.1, 0.15) is 5.00 Å². The Hall–Kier alpha value is -2.21. The molecule has 2 aromatic rings. The lowest BCUT2D eigenvalue weighted by atomic mass is 9.85. The van der Waals surface area contributed by atoms with Gasteiger partial charge < -0.3 is 11.1 Å². The second-order valence-electron chi connectivity index (χ2n) is 5.79. The number of primary amides is 1. The third-order valence-electron chi connectivity index (χ3n) is 4.34. The number of hydrogen-bond donors (Lipinski definition) is 2. The van der Waals surface area contributed by atoms with Crippen molar-refractivity contribution in [2.24, 2.45) is 11.7 Å². The number of pyridine rings is 1. The average Bonchev–Trinajstić information content (AvgIpc) is 2.92. The van der Waals surface area contributed by atoms with E-state index >= 15 is 0 Å². The molecule has 0 radical (unpaired) electrons. The lowest BCUT2D eigenvalue weighted by molar-refractivity contribution is 0.1000. The number of amides is 2. The predicted octanol–water partition coefficient (Wildman–Crippen LogP) is 3.01. The van der Waals surface area contributed by atoms with Gasteiger partial charge in [0, 0.05) is 17.3 Å². The van der Waals surface area contributed by atoms with E-state index in [4.69, 9.17) is 5.73 Å². The second kappa shape index (κ2) is 6.50. The van der Waals surface area contributed by atoms with E-state index in [0.717, 1.165) is 31.2 Å². The van der Waals surface area contributed by atoms with Gasteiger partial charge in [-0.3, -0.25) is 14.6 Å². The van der Waals surface area contributed by atoms with Crippen molar-refractivity contribution in [1.82, 2.24) is 4.98 Å². The Bertz CT molecular complexity index is 740. The molecule has 0 fully saturated rings. The topological polar surface area (TPSA) is 85.1 Å². The molecule has 6 heteroatoms. The number of nitrogens with two attached hydrogens (primary N) is 1. The molecule has 5 nitrogen and oxygen atoms in total. The summed E-state index contributed by atoms with van der Waals surface area (Å²) in [5.41, 5.74) is 7.53. The van der Waals surface area contributed by atoms with Crippen molar-refractivity contribution >= 4 is 28.2 Å². The molecule has 0 aliphatic heterocycles. The standard InChI is InChI=1S/C17H19N3O2S/c1-2-10-5-6-12-13(8-10)23-17(14(12)15(18)21)20-16(22)11-4-3-7-19-9-11/h3-4,7,9-10H,2,5-6,8H2,1H3,(H2,18,21)(H,20,22)/t10-/m0/s1. The molecule has 120 valence electrons. The lowest BCUT2D eigenvalue weighted by Gasteiger charge is -2.20. The molecule has 2 amide bonds. The van der Waals surface area contributed by atoms with Crippen LogP contribution in [-0.2, 0) is 12.8 Å². The summed E-state index contributed by atoms with van der Waals surface area (Å²) in [6.45, 7) is 2.18. The van der Waals surface area contributed by atoms with E-state index in [1.807, 2.05) is 0 Å². The quantitative estimate of drug-likeness (QED) is 0.904. The summed E-state index contributed by atoms with van der Waals surface area (Å²) >= 11 is 1.48. The summed E-state index contributed by atoms with van der Waals surface area (Å²) in [4.78, 5) is 29.3. The summed E-state index contributed by atoms with van der Waals surface area (Å²) < 4.78 is 0. The zero-order valence-electron chi connectivity index (χ0n) is 13.0. The normalized spacial score (nSPS) is 16.7. The van der Waals surface area contributed by atoms with Crippen LogP contribution < -0.4 is 11.1 Å². The van der Waals surface area contributed by atoms with Gasteiger partial charge in [-0.1, -0.05) is 13.3 Å². The smallest absolute Gasteiger partial charge is 0.257 e. The number of fused-ring (bicyclic) bond motifs is 1. The monoisotopic (exact) mass is 329 g/mol. The summed E-state index contributed by atoms with van der Waals surface area (Å²) in [7, 11) is 0. The maximum absolute atomic E-state index is 12.3. The molecule has 0 saturated heterocycles. The van der Waals surface area contributed by atoms with Crippen molar-refractivity contribution < 1.29 is 9.59 Å². The van der Waals surface area contributed by atoms with Gasteiger partial charge in [-0.2, -0.15) is 0 Å². The van der Waals surface area contributed by atoms with E-state index in [2.05, 4.69) is 17.2 Å². The van der Waals surface area contributed by atoms with Gasteiger partial charge in [0.15, 0.2) is 0 Å². The second-order valence-corrected chi connectivity index (χ2v) is 6.89. The van der Waals surface area contributed by atoms with Gasteiger partial charge in [0.25, 0.3) is 11.8 Å². The lowest BCUT2D eigenvalue weighted by Crippen LogP contribution is -2.19. The molecule has 3 N–H and O–H groups in total. The fourth-order valence-corrected chi connectivity index (χ4v) is 4.39. The zero-order valence-corrected chi connectivity index (χ0v) is 13.8. The minimum Gasteiger partial charge on any atom is -0.365 e. The molecular formula is C17H19N3O2S. The molecule has 0 spiro atoms. The predicted molar refractivity (Wildman–Crippen MR) is 90.8 cm³/mol. The van der Waals surface area contributed by atoms with E-state index in [1.54, 1.807) is 18.3 Å². The number of carbonyl (C=O) groups excluding carboxylic acids is 2. The summed E-state index contributed by atoms with van der Waals surface area (Å²) in [6.07, 6.45) is 7.11. The number of nitrogens with zero attached hydrogens (tertiary/aromatic N) is 1. The molecule has 0 unspecified atom stereocenters. The molecule has 0 bridgehead atoms. The molecular weight excluding hydrogens is 310 g/mol. The highest BCUT2D eigenvalue weighted by atomic mass is 32.1. The van der Waals surface area contributed by atoms with Crippen molar-refractivity contribution in [3.05, 3.63) is 46.1 Å². The first-order valence-corrected chi connectivity index (χ1v) is 8.57. The minimum absolute atomic E-state index is 0.272. The number of anilines is 1. The van der Waals surface area contributed by atoms with Crippen molar-refractivity contribution in [3.63, 3.8) is 0 Å². The maximum Gasteiger partial charge on any atom is 0.257 e. The van der Waals surface area contributed by atoms with Crippen LogP contribution in [0.5, 0.6) is 0 Å². The number of rotatable bonds is 4. The Morgan fingerprint density at radius 1 is 1.48 bits per heavy atom. The van der Waals surface area contributed by atoms with Crippen LogP contribution >= 0.6 is 11.3 Å². The molecule has 3 rings (SSSR count). The van der Waals surface area contributed by atoms with E-state index in [1.165, 1.54) is 22.4 Å². The highest BCUT2D eigenvalue weighted by molar-refractivity contribution is 7.17. The van der Waals surface area contributed by atoms with E-state index in [9.17, 15) is 9.59 Å². The molecule has 1 atom stereocenters. The van der Waals surface area contributed by atoms with Gasteiger partial charge in [0.2, 0.25) is 0 Å². The minimum atomic E-state index is -0.473. The maximum atomic E-state index is 12.3. The van der Waals surface area contributed by atoms with Gasteiger partial charge in [-0.05, 0) is 42.9 Å². The average molecular weight is 329 g/mol. The van der Waals surface area contributed by atoms with Crippen molar-refractivity contribution in [3.8, 4) is 0 Å². The van der Waals surface area contributed by atoms with Crippen LogP contribution in [0.15, 0.2) is 24.5 Å². The fourth-order valence-electron chi connectivity index (χ4n) is 3.02. The first-order valence-electron chi connectivity index (χ1n) is 7.75. The van der Waals surface area contributed by atoms with Crippen LogP contribution in [0.2, 0.25) is 0 Å². The Kier molecular flexibility index (Phi) is 4.43. The molecule has 23 heavy (non-hydrogen) atoms. The molecule has 1 aliphatic rings. The first-order chi connectivity index (χ1) is 11.1. The SMILES string of the molecule is CC[C@H]1CCc2c(sc(NC(=O)c3cccnc3)c2C(N)=O)C1. The Labute approximate surface area is 138 Å². The molecule has 2 aromatic heterocycles. The third kappa shape index (κ3) is 3.12. The van der Waals surface area contributed by atoms with E-state index < -0.39 is 5.91 Å². The number of aromatic nitrogens is 1. The van der Waals surface area contributed by atoms with Gasteiger partial charge in [-0.25, -0.2) is 0 Å².